The van der Waals surface area contributed by atoms with Gasteiger partial charge in [0, 0.05) is 19.1 Å². The third-order valence-corrected chi connectivity index (χ3v) is 4.20. The number of ketones is 1. The van der Waals surface area contributed by atoms with Gasteiger partial charge >= 0.3 is 0 Å². The van der Waals surface area contributed by atoms with E-state index in [-0.39, 0.29) is 11.3 Å². The first-order valence-electron chi connectivity index (χ1n) is 7.08. The third kappa shape index (κ3) is 3.59. The molecule has 0 aliphatic heterocycles. The molecule has 1 heterocycles. The second-order valence-corrected chi connectivity index (χ2v) is 5.99. The van der Waals surface area contributed by atoms with Gasteiger partial charge < -0.3 is 10.5 Å². The molecule has 1 aliphatic carbocycles. The molecule has 0 radical (unpaired) electrons. The molecule has 5 nitrogen and oxygen atoms in total. The number of aromatic nitrogens is 2. The molecule has 0 atom stereocenters. The summed E-state index contributed by atoms with van der Waals surface area (Å²) in [6.45, 7) is 1.01. The summed E-state index contributed by atoms with van der Waals surface area (Å²) >= 11 is 6.10. The summed E-state index contributed by atoms with van der Waals surface area (Å²) in [6.07, 6.45) is 7.06. The van der Waals surface area contributed by atoms with E-state index in [1.165, 1.54) is 12.6 Å². The number of nitrogens with zero attached hydrogens (tertiary/aromatic N) is 2. The number of rotatable bonds is 6. The third-order valence-electron chi connectivity index (χ3n) is 3.93. The Balaban J connectivity index is 2.10. The molecule has 1 aromatic heterocycles. The van der Waals surface area contributed by atoms with E-state index in [0.29, 0.717) is 30.3 Å². The van der Waals surface area contributed by atoms with Crippen molar-refractivity contribution in [3.05, 3.63) is 16.9 Å². The first kappa shape index (κ1) is 15.5. The van der Waals surface area contributed by atoms with Crippen LogP contribution in [0.25, 0.3) is 0 Å². The highest BCUT2D eigenvalue weighted by molar-refractivity contribution is 6.33. The first-order chi connectivity index (χ1) is 9.56. The van der Waals surface area contributed by atoms with Crippen molar-refractivity contribution in [2.24, 2.45) is 5.73 Å². The second kappa shape index (κ2) is 6.70. The zero-order chi connectivity index (χ0) is 14.6. The minimum Gasteiger partial charge on any atom is -0.383 e. The van der Waals surface area contributed by atoms with Crippen molar-refractivity contribution in [3.8, 4) is 0 Å². The SMILES string of the molecule is COCCn1ncc(Cl)c1C(=O)CC1(N)CCCCC1. The van der Waals surface area contributed by atoms with E-state index in [1.807, 2.05) is 0 Å². The van der Waals surface area contributed by atoms with Crippen LogP contribution in [0.4, 0.5) is 0 Å². The lowest BCUT2D eigenvalue weighted by molar-refractivity contribution is 0.0920. The molecule has 112 valence electrons. The Morgan fingerprint density at radius 2 is 2.20 bits per heavy atom. The predicted octanol–water partition coefficient (Wildman–Crippen LogP) is 2.42. The number of hydrogen-bond acceptors (Lipinski definition) is 4. The average Bonchev–Trinajstić information content (AvgIpc) is 2.78. The number of halogens is 1. The predicted molar refractivity (Wildman–Crippen MR) is 78.1 cm³/mol. The van der Waals surface area contributed by atoms with Gasteiger partial charge in [-0.2, -0.15) is 5.10 Å². The lowest BCUT2D eigenvalue weighted by Crippen LogP contribution is -2.43. The Kier molecular flexibility index (Phi) is 5.18. The molecular formula is C14H22ClN3O2. The summed E-state index contributed by atoms with van der Waals surface area (Å²) in [6, 6.07) is 0. The minimum absolute atomic E-state index is 0.0204. The van der Waals surface area contributed by atoms with Crippen LogP contribution in [0.15, 0.2) is 6.20 Å². The molecule has 1 fully saturated rings. The first-order valence-corrected chi connectivity index (χ1v) is 7.46. The highest BCUT2D eigenvalue weighted by atomic mass is 35.5. The van der Waals surface area contributed by atoms with Gasteiger partial charge in [0.2, 0.25) is 0 Å². The van der Waals surface area contributed by atoms with Crippen molar-refractivity contribution in [1.82, 2.24) is 9.78 Å². The quantitative estimate of drug-likeness (QED) is 0.819. The lowest BCUT2D eigenvalue weighted by atomic mass is 9.79. The number of carbonyl (C=O) groups excluding carboxylic acids is 1. The number of ether oxygens (including phenoxy) is 1. The van der Waals surface area contributed by atoms with Gasteiger partial charge in [-0.15, -0.1) is 0 Å². The Labute approximate surface area is 124 Å². The van der Waals surface area contributed by atoms with Crippen LogP contribution in [-0.2, 0) is 11.3 Å². The lowest BCUT2D eigenvalue weighted by Gasteiger charge is -2.32. The Morgan fingerprint density at radius 3 is 2.85 bits per heavy atom. The average molecular weight is 300 g/mol. The van der Waals surface area contributed by atoms with Crippen molar-refractivity contribution in [2.75, 3.05) is 13.7 Å². The van der Waals surface area contributed by atoms with E-state index in [2.05, 4.69) is 5.10 Å². The number of Topliss-reactive ketones (excluding diaryl/α,β-unsaturated/α-hetero) is 1. The maximum atomic E-state index is 12.5. The minimum atomic E-state index is -0.380. The zero-order valence-corrected chi connectivity index (χ0v) is 12.7. The van der Waals surface area contributed by atoms with E-state index in [1.54, 1.807) is 11.8 Å². The zero-order valence-electron chi connectivity index (χ0n) is 11.9. The summed E-state index contributed by atoms with van der Waals surface area (Å²) in [7, 11) is 1.61. The van der Waals surface area contributed by atoms with Gasteiger partial charge in [-0.05, 0) is 12.8 Å². The molecular weight excluding hydrogens is 278 g/mol. The number of hydrogen-bond donors (Lipinski definition) is 1. The fourth-order valence-corrected chi connectivity index (χ4v) is 3.07. The van der Waals surface area contributed by atoms with Gasteiger partial charge in [-0.25, -0.2) is 0 Å². The fourth-order valence-electron chi connectivity index (χ4n) is 2.82. The summed E-state index contributed by atoms with van der Waals surface area (Å²) in [5, 5.41) is 4.53. The smallest absolute Gasteiger partial charge is 0.184 e. The van der Waals surface area contributed by atoms with Gasteiger partial charge in [0.1, 0.15) is 5.69 Å². The summed E-state index contributed by atoms with van der Waals surface area (Å²) in [4.78, 5) is 12.5. The largest absolute Gasteiger partial charge is 0.383 e. The van der Waals surface area contributed by atoms with Crippen LogP contribution in [0.3, 0.4) is 0 Å². The summed E-state index contributed by atoms with van der Waals surface area (Å²) < 4.78 is 6.63. The monoisotopic (exact) mass is 299 g/mol. The molecule has 1 aliphatic rings. The van der Waals surface area contributed by atoms with Crippen LogP contribution < -0.4 is 5.73 Å². The highest BCUT2D eigenvalue weighted by Crippen LogP contribution is 2.30. The fraction of sp³-hybridized carbons (Fsp3) is 0.714. The van der Waals surface area contributed by atoms with E-state index < -0.39 is 0 Å². The molecule has 2 rings (SSSR count). The van der Waals surface area contributed by atoms with Crippen LogP contribution in [0.5, 0.6) is 0 Å². The van der Waals surface area contributed by atoms with Crippen molar-refractivity contribution in [1.29, 1.82) is 0 Å². The van der Waals surface area contributed by atoms with Gasteiger partial charge in [0.15, 0.2) is 5.78 Å². The van der Waals surface area contributed by atoms with Crippen molar-refractivity contribution in [2.45, 2.75) is 50.6 Å². The van der Waals surface area contributed by atoms with E-state index in [9.17, 15) is 4.79 Å². The standard InChI is InChI=1S/C14H22ClN3O2/c1-20-8-7-18-13(11(15)10-17-18)12(19)9-14(16)5-3-2-4-6-14/h10H,2-9,16H2,1H3. The van der Waals surface area contributed by atoms with Gasteiger partial charge in [-0.1, -0.05) is 30.9 Å². The van der Waals surface area contributed by atoms with Gasteiger partial charge in [0.25, 0.3) is 0 Å². The molecule has 0 unspecified atom stereocenters. The van der Waals surface area contributed by atoms with Crippen molar-refractivity contribution >= 4 is 17.4 Å². The highest BCUT2D eigenvalue weighted by Gasteiger charge is 2.32. The maximum Gasteiger partial charge on any atom is 0.184 e. The Morgan fingerprint density at radius 1 is 1.50 bits per heavy atom. The molecule has 0 spiro atoms. The maximum absolute atomic E-state index is 12.5. The molecule has 6 heteroatoms. The number of nitrogens with two attached hydrogens (primary N) is 1. The van der Waals surface area contributed by atoms with Gasteiger partial charge in [0.05, 0.1) is 24.4 Å². The second-order valence-electron chi connectivity index (χ2n) is 5.58. The van der Waals surface area contributed by atoms with Gasteiger partial charge in [-0.3, -0.25) is 9.48 Å². The van der Waals surface area contributed by atoms with Crippen molar-refractivity contribution < 1.29 is 9.53 Å². The number of carbonyl (C=O) groups is 1. The molecule has 2 N–H and O–H groups in total. The topological polar surface area (TPSA) is 70.1 Å². The molecule has 20 heavy (non-hydrogen) atoms. The summed E-state index contributed by atoms with van der Waals surface area (Å²) in [5.41, 5.74) is 6.43. The molecule has 0 bridgehead atoms. The van der Waals surface area contributed by atoms with Crippen LogP contribution in [-0.4, -0.2) is 34.8 Å². The van der Waals surface area contributed by atoms with E-state index >= 15 is 0 Å². The molecule has 1 aromatic rings. The van der Waals surface area contributed by atoms with E-state index in [4.69, 9.17) is 22.1 Å². The Hall–Kier alpha value is -0.910. The molecule has 1 saturated carbocycles. The van der Waals surface area contributed by atoms with E-state index in [0.717, 1.165) is 25.7 Å². The molecule has 0 aromatic carbocycles. The van der Waals surface area contributed by atoms with Crippen LogP contribution >= 0.6 is 11.6 Å². The number of methoxy groups -OCH3 is 1. The van der Waals surface area contributed by atoms with Crippen LogP contribution in [0.2, 0.25) is 5.02 Å². The van der Waals surface area contributed by atoms with Crippen molar-refractivity contribution in [3.63, 3.8) is 0 Å². The molecule has 0 saturated heterocycles. The summed E-state index contributed by atoms with van der Waals surface area (Å²) in [5.74, 6) is -0.0204. The van der Waals surface area contributed by atoms with Crippen LogP contribution in [0.1, 0.15) is 49.0 Å². The Bertz CT molecular complexity index is 467. The molecule has 0 amide bonds. The normalized spacial score (nSPS) is 18.1. The van der Waals surface area contributed by atoms with Crippen LogP contribution in [0, 0.1) is 0 Å².